The van der Waals surface area contributed by atoms with Crippen LogP contribution in [-0.2, 0) is 11.2 Å². The zero-order valence-corrected chi connectivity index (χ0v) is 5.95. The van der Waals surface area contributed by atoms with Gasteiger partial charge in [0.25, 0.3) is 6.26 Å². The molecule has 0 aromatic heterocycles. The molecule has 1 aliphatic carbocycles. The second-order valence-corrected chi connectivity index (χ2v) is 2.60. The minimum absolute atomic E-state index is 0.0243. The van der Waals surface area contributed by atoms with E-state index < -0.39 is 0 Å². The zero-order chi connectivity index (χ0) is 7.68. The molecule has 2 rings (SSSR count). The summed E-state index contributed by atoms with van der Waals surface area (Å²) in [6.45, 7) is 0. The van der Waals surface area contributed by atoms with Crippen molar-refractivity contribution in [3.63, 3.8) is 0 Å². The lowest BCUT2D eigenvalue weighted by Gasteiger charge is -2.26. The number of hydrogen-bond acceptors (Lipinski definition) is 2. The van der Waals surface area contributed by atoms with Gasteiger partial charge in [-0.05, 0) is 11.1 Å². The SMILES string of the molecule is N#COC1Cc2ccccc21. The Morgan fingerprint density at radius 1 is 1.45 bits per heavy atom. The van der Waals surface area contributed by atoms with Crippen molar-refractivity contribution in [3.05, 3.63) is 35.4 Å². The molecular formula is C9H7NO. The first-order chi connectivity index (χ1) is 5.42. The quantitative estimate of drug-likeness (QED) is 0.564. The second-order valence-electron chi connectivity index (χ2n) is 2.60. The van der Waals surface area contributed by atoms with Crippen molar-refractivity contribution in [2.75, 3.05) is 0 Å². The molecule has 0 heterocycles. The lowest BCUT2D eigenvalue weighted by Crippen LogP contribution is -2.17. The molecule has 0 N–H and O–H groups in total. The van der Waals surface area contributed by atoms with E-state index in [1.165, 1.54) is 5.56 Å². The normalized spacial score (nSPS) is 19.4. The largest absolute Gasteiger partial charge is 0.419 e. The Hall–Kier alpha value is -1.49. The predicted molar refractivity (Wildman–Crippen MR) is 39.6 cm³/mol. The van der Waals surface area contributed by atoms with Crippen LogP contribution in [0.4, 0.5) is 0 Å². The van der Waals surface area contributed by atoms with Crippen LogP contribution >= 0.6 is 0 Å². The van der Waals surface area contributed by atoms with Crippen LogP contribution in [0.3, 0.4) is 0 Å². The minimum Gasteiger partial charge on any atom is -0.419 e. The standard InChI is InChI=1S/C9H7NO/c10-6-11-9-5-7-3-1-2-4-8(7)9/h1-4,9H,5H2. The van der Waals surface area contributed by atoms with E-state index in [0.717, 1.165) is 12.0 Å². The van der Waals surface area contributed by atoms with Gasteiger partial charge < -0.3 is 4.74 Å². The monoisotopic (exact) mass is 145 g/mol. The lowest BCUT2D eigenvalue weighted by molar-refractivity contribution is 0.141. The van der Waals surface area contributed by atoms with Crippen LogP contribution in [-0.4, -0.2) is 0 Å². The van der Waals surface area contributed by atoms with Crippen molar-refractivity contribution < 1.29 is 4.74 Å². The fourth-order valence-electron chi connectivity index (χ4n) is 1.38. The Kier molecular flexibility index (Phi) is 1.29. The van der Waals surface area contributed by atoms with Crippen LogP contribution in [0.2, 0.25) is 0 Å². The van der Waals surface area contributed by atoms with Gasteiger partial charge in [0.05, 0.1) is 0 Å². The Balaban J connectivity index is 2.24. The van der Waals surface area contributed by atoms with Crippen LogP contribution in [0.1, 0.15) is 17.2 Å². The molecule has 0 saturated heterocycles. The highest BCUT2D eigenvalue weighted by molar-refractivity contribution is 5.38. The summed E-state index contributed by atoms with van der Waals surface area (Å²) < 4.78 is 4.81. The summed E-state index contributed by atoms with van der Waals surface area (Å²) in [5.41, 5.74) is 2.46. The fourth-order valence-corrected chi connectivity index (χ4v) is 1.38. The van der Waals surface area contributed by atoms with Crippen molar-refractivity contribution in [1.29, 1.82) is 5.26 Å². The number of rotatable bonds is 1. The van der Waals surface area contributed by atoms with Gasteiger partial charge in [0, 0.05) is 6.42 Å². The maximum Gasteiger partial charge on any atom is 0.286 e. The highest BCUT2D eigenvalue weighted by atomic mass is 16.5. The van der Waals surface area contributed by atoms with Crippen LogP contribution < -0.4 is 0 Å². The number of hydrogen-bond donors (Lipinski definition) is 0. The molecule has 0 radical (unpaired) electrons. The molecule has 54 valence electrons. The highest BCUT2D eigenvalue weighted by Gasteiger charge is 2.26. The number of ether oxygens (including phenoxy) is 1. The van der Waals surface area contributed by atoms with Crippen molar-refractivity contribution in [2.24, 2.45) is 0 Å². The molecular weight excluding hydrogens is 138 g/mol. The lowest BCUT2D eigenvalue weighted by atomic mass is 9.86. The third kappa shape index (κ3) is 0.857. The number of nitriles is 1. The van der Waals surface area contributed by atoms with E-state index in [1.807, 2.05) is 18.2 Å². The van der Waals surface area contributed by atoms with Gasteiger partial charge in [-0.15, -0.1) is 0 Å². The highest BCUT2D eigenvalue weighted by Crippen LogP contribution is 2.34. The molecule has 0 amide bonds. The van der Waals surface area contributed by atoms with Crippen LogP contribution in [0, 0.1) is 11.5 Å². The van der Waals surface area contributed by atoms with Gasteiger partial charge in [-0.1, -0.05) is 24.3 Å². The summed E-state index contributed by atoms with van der Waals surface area (Å²) in [7, 11) is 0. The molecule has 0 fully saturated rings. The smallest absolute Gasteiger partial charge is 0.286 e. The number of benzene rings is 1. The van der Waals surface area contributed by atoms with E-state index in [4.69, 9.17) is 10.00 Å². The first-order valence-corrected chi connectivity index (χ1v) is 3.54. The van der Waals surface area contributed by atoms with Gasteiger partial charge >= 0.3 is 0 Å². The molecule has 0 aliphatic heterocycles. The van der Waals surface area contributed by atoms with Crippen LogP contribution in [0.25, 0.3) is 0 Å². The van der Waals surface area contributed by atoms with Crippen molar-refractivity contribution in [3.8, 4) is 6.26 Å². The van der Waals surface area contributed by atoms with E-state index in [2.05, 4.69) is 6.07 Å². The summed E-state index contributed by atoms with van der Waals surface area (Å²) in [6, 6.07) is 8.03. The summed E-state index contributed by atoms with van der Waals surface area (Å²) in [4.78, 5) is 0. The topological polar surface area (TPSA) is 33.0 Å². The second kappa shape index (κ2) is 2.28. The molecule has 0 bridgehead atoms. The van der Waals surface area contributed by atoms with E-state index in [9.17, 15) is 0 Å². The Labute approximate surface area is 65.0 Å². The average molecular weight is 145 g/mol. The number of nitrogens with zero attached hydrogens (tertiary/aromatic N) is 1. The van der Waals surface area contributed by atoms with Gasteiger partial charge in [0.15, 0.2) is 0 Å². The minimum atomic E-state index is 0.0243. The van der Waals surface area contributed by atoms with Crippen LogP contribution in [0.15, 0.2) is 24.3 Å². The van der Waals surface area contributed by atoms with Gasteiger partial charge in [-0.3, -0.25) is 0 Å². The molecule has 0 saturated carbocycles. The van der Waals surface area contributed by atoms with Crippen molar-refractivity contribution in [2.45, 2.75) is 12.5 Å². The first kappa shape index (κ1) is 6.23. The zero-order valence-electron chi connectivity index (χ0n) is 5.95. The van der Waals surface area contributed by atoms with Gasteiger partial charge in [0.1, 0.15) is 6.10 Å². The molecule has 11 heavy (non-hydrogen) atoms. The Morgan fingerprint density at radius 3 is 3.00 bits per heavy atom. The molecule has 1 atom stereocenters. The summed E-state index contributed by atoms with van der Waals surface area (Å²) in [5.74, 6) is 0. The Bertz CT molecular complexity index is 314. The fraction of sp³-hybridized carbons (Fsp3) is 0.222. The Morgan fingerprint density at radius 2 is 2.27 bits per heavy atom. The molecule has 2 heteroatoms. The van der Waals surface area contributed by atoms with Crippen molar-refractivity contribution >= 4 is 0 Å². The summed E-state index contributed by atoms with van der Waals surface area (Å²) in [6.07, 6.45) is 2.61. The third-order valence-electron chi connectivity index (χ3n) is 2.00. The van der Waals surface area contributed by atoms with E-state index in [-0.39, 0.29) is 6.10 Å². The molecule has 1 aromatic carbocycles. The van der Waals surface area contributed by atoms with E-state index >= 15 is 0 Å². The van der Waals surface area contributed by atoms with Crippen molar-refractivity contribution in [1.82, 2.24) is 0 Å². The molecule has 2 nitrogen and oxygen atoms in total. The maximum atomic E-state index is 8.26. The molecule has 1 unspecified atom stereocenters. The summed E-state index contributed by atoms with van der Waals surface area (Å²) in [5, 5.41) is 8.26. The average Bonchev–Trinajstić information content (AvgIpc) is 2.01. The van der Waals surface area contributed by atoms with Gasteiger partial charge in [-0.2, -0.15) is 5.26 Å². The summed E-state index contributed by atoms with van der Waals surface area (Å²) >= 11 is 0. The van der Waals surface area contributed by atoms with E-state index in [1.54, 1.807) is 6.26 Å². The van der Waals surface area contributed by atoms with E-state index in [0.29, 0.717) is 0 Å². The van der Waals surface area contributed by atoms with Gasteiger partial charge in [-0.25, -0.2) is 0 Å². The van der Waals surface area contributed by atoms with Gasteiger partial charge in [0.2, 0.25) is 0 Å². The first-order valence-electron chi connectivity index (χ1n) is 3.54. The molecule has 1 aliphatic rings. The maximum absolute atomic E-state index is 8.26. The number of fused-ring (bicyclic) bond motifs is 1. The predicted octanol–water partition coefficient (Wildman–Crippen LogP) is 1.78. The third-order valence-corrected chi connectivity index (χ3v) is 2.00. The van der Waals surface area contributed by atoms with Crippen LogP contribution in [0.5, 0.6) is 0 Å². The molecule has 1 aromatic rings. The molecule has 0 spiro atoms.